The molecule has 0 aromatic heterocycles. The molecule has 4 rings (SSSR count). The first-order valence-electron chi connectivity index (χ1n) is 15.0. The highest BCUT2D eigenvalue weighted by Gasteiger charge is 2.33. The summed E-state index contributed by atoms with van der Waals surface area (Å²) in [6.45, 7) is 5.94. The maximum Gasteiger partial charge on any atom is 0.249 e. The van der Waals surface area contributed by atoms with Gasteiger partial charge >= 0.3 is 0 Å². The van der Waals surface area contributed by atoms with E-state index in [9.17, 15) is 27.5 Å². The third-order valence-corrected chi connectivity index (χ3v) is 8.68. The first kappa shape index (κ1) is 34.2. The molecule has 0 radical (unpaired) electrons. The highest BCUT2D eigenvalue weighted by atomic mass is 32.2. The molecular weight excluding hydrogens is 599 g/mol. The summed E-state index contributed by atoms with van der Waals surface area (Å²) in [4.78, 5) is 28.8. The zero-order chi connectivity index (χ0) is 32.7. The Labute approximate surface area is 264 Å². The van der Waals surface area contributed by atoms with Crippen molar-refractivity contribution in [2.24, 2.45) is 0 Å². The summed E-state index contributed by atoms with van der Waals surface area (Å²) in [6, 6.07) is 10.5. The van der Waals surface area contributed by atoms with Gasteiger partial charge in [0.05, 0.1) is 30.2 Å². The molecule has 1 aliphatic heterocycles. The maximum atomic E-state index is 14.2. The number of likely N-dealkylation sites (N-methyl/N-ethyl adjacent to an activating group) is 1. The average Bonchev–Trinajstić information content (AvgIpc) is 3.12. The van der Waals surface area contributed by atoms with Crippen LogP contribution in [0.3, 0.4) is 0 Å². The summed E-state index contributed by atoms with van der Waals surface area (Å²) < 4.78 is 37.9. The molecule has 0 fully saturated rings. The fourth-order valence-electron chi connectivity index (χ4n) is 5.62. The molecule has 0 bridgehead atoms. The van der Waals surface area contributed by atoms with Gasteiger partial charge in [-0.25, -0.2) is 4.39 Å². The Morgan fingerprint density at radius 3 is 2.58 bits per heavy atom. The van der Waals surface area contributed by atoms with Crippen molar-refractivity contribution in [1.82, 2.24) is 16.0 Å². The predicted octanol–water partition coefficient (Wildman–Crippen LogP) is 1.88. The minimum absolute atomic E-state index is 0.0238. The molecule has 0 spiro atoms. The Kier molecular flexibility index (Phi) is 11.5. The van der Waals surface area contributed by atoms with Crippen LogP contribution in [-0.2, 0) is 32.8 Å². The molecule has 1 unspecified atom stereocenters. The largest absolute Gasteiger partial charge is 0.394 e. The van der Waals surface area contributed by atoms with Gasteiger partial charge < -0.3 is 31.1 Å². The summed E-state index contributed by atoms with van der Waals surface area (Å²) in [5.41, 5.74) is 2.96. The quantitative estimate of drug-likeness (QED) is 0.221. The van der Waals surface area contributed by atoms with Crippen LogP contribution in [0, 0.1) is 5.82 Å². The molecule has 12 heteroatoms. The summed E-state index contributed by atoms with van der Waals surface area (Å²) in [7, 11) is -2.38. The Morgan fingerprint density at radius 1 is 1.18 bits per heavy atom. The van der Waals surface area contributed by atoms with E-state index in [4.69, 9.17) is 5.11 Å². The van der Waals surface area contributed by atoms with Gasteiger partial charge in [-0.2, -0.15) is 8.42 Å². The van der Waals surface area contributed by atoms with Gasteiger partial charge in [0.1, 0.15) is 11.9 Å². The number of nitrogens with zero attached hydrogens (tertiary/aromatic N) is 1. The number of β-amino-alcohol motifs (C(OH)–C–C–N with tert-alkyl or cyclic N) is 1. The minimum Gasteiger partial charge on any atom is -0.394 e. The smallest absolute Gasteiger partial charge is 0.249 e. The molecule has 0 saturated heterocycles. The van der Waals surface area contributed by atoms with Crippen molar-refractivity contribution >= 4 is 38.2 Å². The predicted molar refractivity (Wildman–Crippen MR) is 173 cm³/mol. The van der Waals surface area contributed by atoms with E-state index in [0.717, 1.165) is 16.7 Å². The maximum absolute atomic E-state index is 14.2. The van der Waals surface area contributed by atoms with E-state index in [0.29, 0.717) is 30.6 Å². The van der Waals surface area contributed by atoms with Gasteiger partial charge in [-0.1, -0.05) is 43.3 Å². The SMILES string of the molecule is CCNC1C(c2ccc(CN3C(=O)[C@H](NC(=O)CC(C)(C)NC[C@H](O)CO)CCc4cc(F)ccc43)cc2)=CC=CC1=S(=O)=O. The van der Waals surface area contributed by atoms with Crippen molar-refractivity contribution in [3.05, 3.63) is 83.2 Å². The fourth-order valence-corrected chi connectivity index (χ4v) is 6.21. The van der Waals surface area contributed by atoms with Gasteiger partial charge in [-0.15, -0.1) is 0 Å². The van der Waals surface area contributed by atoms with Crippen molar-refractivity contribution in [2.75, 3.05) is 24.6 Å². The normalized spacial score (nSPS) is 19.1. The third kappa shape index (κ3) is 8.74. The number of rotatable bonds is 12. The summed E-state index contributed by atoms with van der Waals surface area (Å²) >= 11 is 0. The summed E-state index contributed by atoms with van der Waals surface area (Å²) in [5.74, 6) is -1.08. The first-order chi connectivity index (χ1) is 21.4. The molecular formula is C33H41FN4O6S. The van der Waals surface area contributed by atoms with E-state index < -0.39 is 46.4 Å². The standard InChI is InChI=1S/C33H41FN4O6S/c1-4-35-31-26(6-5-7-29(31)45(43)44)22-10-8-21(9-11-22)19-38-28-15-13-24(34)16-23(28)12-14-27(32(38)42)37-30(41)17-33(2,3)36-18-25(40)20-39/h5-11,13,15-16,25,27,31,35-36,39-40H,4,12,14,17-20H2,1-3H3,(H,37,41)/t25-,27+,31?/m0/s1. The van der Waals surface area contributed by atoms with Crippen LogP contribution >= 0.6 is 0 Å². The van der Waals surface area contributed by atoms with Crippen molar-refractivity contribution in [3.63, 3.8) is 0 Å². The number of fused-ring (bicyclic) bond motifs is 1. The van der Waals surface area contributed by atoms with Crippen LogP contribution in [-0.4, -0.2) is 78.7 Å². The lowest BCUT2D eigenvalue weighted by Gasteiger charge is -2.29. The number of aliphatic hydroxyl groups excluding tert-OH is 2. The molecule has 2 aromatic rings. The molecule has 2 aliphatic rings. The van der Waals surface area contributed by atoms with Gasteiger partial charge in [0, 0.05) is 24.2 Å². The highest BCUT2D eigenvalue weighted by molar-refractivity contribution is 7.73. The lowest BCUT2D eigenvalue weighted by atomic mass is 9.91. The highest BCUT2D eigenvalue weighted by Crippen LogP contribution is 2.30. The molecule has 3 atom stereocenters. The lowest BCUT2D eigenvalue weighted by molar-refractivity contribution is -0.128. The number of aliphatic hydroxyl groups is 2. The van der Waals surface area contributed by atoms with E-state index in [-0.39, 0.29) is 36.2 Å². The first-order valence-corrected chi connectivity index (χ1v) is 16.1. The second kappa shape index (κ2) is 15.1. The summed E-state index contributed by atoms with van der Waals surface area (Å²) in [6.07, 6.45) is 4.91. The van der Waals surface area contributed by atoms with Crippen LogP contribution in [0.25, 0.3) is 5.57 Å². The van der Waals surface area contributed by atoms with Crippen LogP contribution in [0.5, 0.6) is 0 Å². The van der Waals surface area contributed by atoms with E-state index in [2.05, 4.69) is 16.0 Å². The number of amides is 2. The van der Waals surface area contributed by atoms with Gasteiger partial charge in [-0.05, 0) is 79.8 Å². The molecule has 242 valence electrons. The van der Waals surface area contributed by atoms with Crippen LogP contribution in [0.15, 0.2) is 60.7 Å². The number of aryl methyl sites for hydroxylation is 1. The number of hydrogen-bond acceptors (Lipinski definition) is 8. The van der Waals surface area contributed by atoms with Crippen LogP contribution in [0.4, 0.5) is 10.1 Å². The van der Waals surface area contributed by atoms with Crippen molar-refractivity contribution in [2.45, 2.75) is 70.3 Å². The number of allylic oxidation sites excluding steroid dienone is 2. The van der Waals surface area contributed by atoms with Crippen molar-refractivity contribution < 1.29 is 32.6 Å². The van der Waals surface area contributed by atoms with E-state index in [1.54, 1.807) is 37.0 Å². The Bertz CT molecular complexity index is 1600. The fraction of sp³-hybridized carbons (Fsp3) is 0.424. The van der Waals surface area contributed by atoms with Crippen molar-refractivity contribution in [3.8, 4) is 0 Å². The van der Waals surface area contributed by atoms with Crippen LogP contribution in [0.1, 0.15) is 50.3 Å². The Morgan fingerprint density at radius 2 is 1.91 bits per heavy atom. The molecule has 2 aromatic carbocycles. The Balaban J connectivity index is 1.55. The van der Waals surface area contributed by atoms with E-state index in [1.807, 2.05) is 37.3 Å². The second-order valence-electron chi connectivity index (χ2n) is 11.9. The molecule has 0 saturated carbocycles. The Hall–Kier alpha value is -3.68. The van der Waals surface area contributed by atoms with Gasteiger partial charge in [0.25, 0.3) is 0 Å². The topological polar surface area (TPSA) is 148 Å². The summed E-state index contributed by atoms with van der Waals surface area (Å²) in [5, 5.41) is 27.9. The van der Waals surface area contributed by atoms with Gasteiger partial charge in [0.2, 0.25) is 22.1 Å². The van der Waals surface area contributed by atoms with Crippen LogP contribution < -0.4 is 20.9 Å². The monoisotopic (exact) mass is 640 g/mol. The number of halogens is 1. The number of benzene rings is 2. The number of hydrogen-bond donors (Lipinski definition) is 5. The van der Waals surface area contributed by atoms with Crippen LogP contribution in [0.2, 0.25) is 0 Å². The minimum atomic E-state index is -2.38. The third-order valence-electron chi connectivity index (χ3n) is 7.92. The van der Waals surface area contributed by atoms with Crippen molar-refractivity contribution in [1.29, 1.82) is 0 Å². The lowest BCUT2D eigenvalue weighted by Crippen LogP contribution is -2.51. The zero-order valence-electron chi connectivity index (χ0n) is 25.7. The zero-order valence-corrected chi connectivity index (χ0v) is 26.5. The van der Waals surface area contributed by atoms with E-state index in [1.165, 1.54) is 12.1 Å². The second-order valence-corrected chi connectivity index (χ2v) is 12.9. The number of carbonyl (C=O) groups is 2. The molecule has 45 heavy (non-hydrogen) atoms. The molecule has 10 nitrogen and oxygen atoms in total. The number of carbonyl (C=O) groups excluding carboxylic acids is 2. The average molecular weight is 641 g/mol. The molecule has 5 N–H and O–H groups in total. The van der Waals surface area contributed by atoms with E-state index >= 15 is 0 Å². The molecule has 2 amide bonds. The molecule has 1 heterocycles. The van der Waals surface area contributed by atoms with Gasteiger partial charge in [0.15, 0.2) is 0 Å². The van der Waals surface area contributed by atoms with Gasteiger partial charge in [-0.3, -0.25) is 9.59 Å². The molecule has 1 aliphatic carbocycles. The number of anilines is 1. The number of nitrogens with one attached hydrogen (secondary N) is 3.